The van der Waals surface area contributed by atoms with Crippen molar-refractivity contribution in [3.05, 3.63) is 29.6 Å². The summed E-state index contributed by atoms with van der Waals surface area (Å²) in [6.45, 7) is 0. The zero-order valence-corrected chi connectivity index (χ0v) is 9.43. The van der Waals surface area contributed by atoms with Crippen molar-refractivity contribution in [2.75, 3.05) is 0 Å². The number of carboxylic acids is 1. The topological polar surface area (TPSA) is 89.6 Å². The lowest BCUT2D eigenvalue weighted by Crippen LogP contribution is -2.30. The molecule has 1 amide bonds. The molecule has 96 valence electrons. The summed E-state index contributed by atoms with van der Waals surface area (Å²) >= 11 is 0. The zero-order chi connectivity index (χ0) is 13.3. The van der Waals surface area contributed by atoms with Gasteiger partial charge in [0, 0.05) is 5.92 Å². The Morgan fingerprint density at radius 3 is 2.61 bits per heavy atom. The predicted molar refractivity (Wildman–Crippen MR) is 59.7 cm³/mol. The van der Waals surface area contributed by atoms with Crippen LogP contribution in [-0.4, -0.2) is 23.1 Å². The maximum Gasteiger partial charge on any atom is 0.345 e. The quantitative estimate of drug-likeness (QED) is 0.824. The van der Waals surface area contributed by atoms with E-state index in [-0.39, 0.29) is 11.7 Å². The molecule has 0 radical (unpaired) electrons. The van der Waals surface area contributed by atoms with Gasteiger partial charge >= 0.3 is 5.97 Å². The third-order valence-electron chi connectivity index (χ3n) is 2.77. The number of hydrogen-bond acceptors (Lipinski definition) is 3. The van der Waals surface area contributed by atoms with Crippen LogP contribution in [0, 0.1) is 11.7 Å². The fourth-order valence-electron chi connectivity index (χ4n) is 1.73. The molecular formula is C12H12FNO4. The summed E-state index contributed by atoms with van der Waals surface area (Å²) in [6, 6.07) is 3.74. The van der Waals surface area contributed by atoms with E-state index in [4.69, 9.17) is 15.6 Å². The molecule has 1 atom stereocenters. The highest BCUT2D eigenvalue weighted by molar-refractivity contribution is 5.96. The van der Waals surface area contributed by atoms with Crippen LogP contribution in [0.1, 0.15) is 23.2 Å². The lowest BCUT2D eigenvalue weighted by molar-refractivity contribution is -0.146. The Balaban J connectivity index is 2.30. The van der Waals surface area contributed by atoms with Gasteiger partial charge < -0.3 is 15.6 Å². The number of carboxylic acid groups (broad SMARTS) is 1. The van der Waals surface area contributed by atoms with Gasteiger partial charge in [-0.2, -0.15) is 0 Å². The molecule has 1 aliphatic carbocycles. The van der Waals surface area contributed by atoms with E-state index in [2.05, 4.69) is 0 Å². The Kier molecular flexibility index (Phi) is 3.18. The first-order chi connectivity index (χ1) is 8.50. The monoisotopic (exact) mass is 253 g/mol. The van der Waals surface area contributed by atoms with Crippen molar-refractivity contribution in [2.45, 2.75) is 18.9 Å². The second-order valence-electron chi connectivity index (χ2n) is 4.19. The van der Waals surface area contributed by atoms with Crippen LogP contribution >= 0.6 is 0 Å². The Morgan fingerprint density at radius 2 is 2.11 bits per heavy atom. The van der Waals surface area contributed by atoms with Gasteiger partial charge in [-0.1, -0.05) is 6.07 Å². The summed E-state index contributed by atoms with van der Waals surface area (Å²) in [5.41, 5.74) is 4.64. The van der Waals surface area contributed by atoms with Crippen LogP contribution in [0.2, 0.25) is 0 Å². The van der Waals surface area contributed by atoms with Crippen LogP contribution in [0.3, 0.4) is 0 Å². The normalized spacial score (nSPS) is 16.1. The Bertz CT molecular complexity index is 499. The fraction of sp³-hybridized carbons (Fsp3) is 0.333. The average molecular weight is 253 g/mol. The van der Waals surface area contributed by atoms with Gasteiger partial charge in [0.1, 0.15) is 17.1 Å². The van der Waals surface area contributed by atoms with E-state index in [0.717, 1.165) is 18.9 Å². The second kappa shape index (κ2) is 4.64. The van der Waals surface area contributed by atoms with E-state index in [9.17, 15) is 14.0 Å². The minimum Gasteiger partial charge on any atom is -0.478 e. The van der Waals surface area contributed by atoms with Crippen LogP contribution in [0.25, 0.3) is 0 Å². The molecule has 18 heavy (non-hydrogen) atoms. The summed E-state index contributed by atoms with van der Waals surface area (Å²) in [5, 5.41) is 9.01. The largest absolute Gasteiger partial charge is 0.478 e. The Morgan fingerprint density at radius 1 is 1.44 bits per heavy atom. The number of amides is 1. The van der Waals surface area contributed by atoms with Crippen molar-refractivity contribution in [3.63, 3.8) is 0 Å². The molecule has 0 aliphatic heterocycles. The number of carbonyl (C=O) groups excluding carboxylic acids is 1. The maximum atomic E-state index is 13.4. The molecule has 1 saturated carbocycles. The molecule has 1 fully saturated rings. The summed E-state index contributed by atoms with van der Waals surface area (Å²) in [4.78, 5) is 22.2. The van der Waals surface area contributed by atoms with E-state index < -0.39 is 29.4 Å². The van der Waals surface area contributed by atoms with Gasteiger partial charge in [0.2, 0.25) is 0 Å². The van der Waals surface area contributed by atoms with Crippen LogP contribution in [-0.2, 0) is 4.79 Å². The molecule has 0 bridgehead atoms. The highest BCUT2D eigenvalue weighted by Gasteiger charge is 2.38. The number of hydrogen-bond donors (Lipinski definition) is 2. The number of carbonyl (C=O) groups is 2. The van der Waals surface area contributed by atoms with E-state index in [0.29, 0.717) is 0 Å². The summed E-state index contributed by atoms with van der Waals surface area (Å²) in [6.07, 6.45) is 0.431. The van der Waals surface area contributed by atoms with Gasteiger partial charge in [-0.05, 0) is 25.0 Å². The number of ether oxygens (including phenoxy) is 1. The molecule has 1 aromatic carbocycles. The second-order valence-corrected chi connectivity index (χ2v) is 4.19. The maximum absolute atomic E-state index is 13.4. The summed E-state index contributed by atoms with van der Waals surface area (Å²) in [7, 11) is 0. The molecular weight excluding hydrogens is 241 g/mol. The van der Waals surface area contributed by atoms with Crippen LogP contribution < -0.4 is 10.5 Å². The SMILES string of the molecule is NC(=O)c1c(F)cccc1OC(C(=O)O)C1CC1. The number of halogens is 1. The van der Waals surface area contributed by atoms with Gasteiger partial charge in [0.25, 0.3) is 5.91 Å². The molecule has 3 N–H and O–H groups in total. The third-order valence-corrected chi connectivity index (χ3v) is 2.77. The van der Waals surface area contributed by atoms with Crippen molar-refractivity contribution in [1.29, 1.82) is 0 Å². The number of benzene rings is 1. The van der Waals surface area contributed by atoms with Crippen molar-refractivity contribution >= 4 is 11.9 Å². The highest BCUT2D eigenvalue weighted by Crippen LogP contribution is 2.36. The third kappa shape index (κ3) is 2.42. The van der Waals surface area contributed by atoms with Gasteiger partial charge in [-0.3, -0.25) is 4.79 Å². The average Bonchev–Trinajstić information content (AvgIpc) is 3.08. The van der Waals surface area contributed by atoms with Crippen molar-refractivity contribution < 1.29 is 23.8 Å². The first-order valence-corrected chi connectivity index (χ1v) is 5.48. The lowest BCUT2D eigenvalue weighted by atomic mass is 10.1. The van der Waals surface area contributed by atoms with E-state index >= 15 is 0 Å². The molecule has 2 rings (SSSR count). The Hall–Kier alpha value is -2.11. The Labute approximate surface area is 102 Å². The van der Waals surface area contributed by atoms with Gasteiger partial charge in [0.05, 0.1) is 0 Å². The molecule has 1 aliphatic rings. The van der Waals surface area contributed by atoms with Crippen molar-refractivity contribution in [1.82, 2.24) is 0 Å². The summed E-state index contributed by atoms with van der Waals surface area (Å²) in [5.74, 6) is -3.14. The molecule has 1 unspecified atom stereocenters. The standard InChI is InChI=1S/C12H12FNO4/c13-7-2-1-3-8(9(7)11(14)15)18-10(12(16)17)6-4-5-6/h1-3,6,10H,4-5H2,(H2,14,15)(H,16,17). The molecule has 0 aromatic heterocycles. The molecule has 0 heterocycles. The van der Waals surface area contributed by atoms with Crippen LogP contribution in [0.15, 0.2) is 18.2 Å². The zero-order valence-electron chi connectivity index (χ0n) is 9.43. The number of nitrogens with two attached hydrogens (primary N) is 1. The number of primary amides is 1. The summed E-state index contributed by atoms with van der Waals surface area (Å²) < 4.78 is 18.7. The number of rotatable bonds is 5. The van der Waals surface area contributed by atoms with Gasteiger partial charge in [-0.25, -0.2) is 9.18 Å². The first-order valence-electron chi connectivity index (χ1n) is 5.48. The van der Waals surface area contributed by atoms with E-state index in [1.54, 1.807) is 0 Å². The molecule has 1 aromatic rings. The minimum absolute atomic E-state index is 0.0912. The van der Waals surface area contributed by atoms with Gasteiger partial charge in [0.15, 0.2) is 6.10 Å². The van der Waals surface area contributed by atoms with Gasteiger partial charge in [-0.15, -0.1) is 0 Å². The minimum atomic E-state index is -1.13. The predicted octanol–water partition coefficient (Wildman–Crippen LogP) is 1.17. The fourth-order valence-corrected chi connectivity index (χ4v) is 1.73. The van der Waals surface area contributed by atoms with Crippen molar-refractivity contribution in [3.8, 4) is 5.75 Å². The highest BCUT2D eigenvalue weighted by atomic mass is 19.1. The van der Waals surface area contributed by atoms with E-state index in [1.807, 2.05) is 0 Å². The van der Waals surface area contributed by atoms with Crippen molar-refractivity contribution in [2.24, 2.45) is 11.7 Å². The number of aliphatic carboxylic acids is 1. The lowest BCUT2D eigenvalue weighted by Gasteiger charge is -2.16. The van der Waals surface area contributed by atoms with Crippen LogP contribution in [0.4, 0.5) is 4.39 Å². The first kappa shape index (κ1) is 12.3. The van der Waals surface area contributed by atoms with E-state index in [1.165, 1.54) is 12.1 Å². The molecule has 0 saturated heterocycles. The molecule has 5 nitrogen and oxygen atoms in total. The van der Waals surface area contributed by atoms with Crippen LogP contribution in [0.5, 0.6) is 5.75 Å². The smallest absolute Gasteiger partial charge is 0.345 e. The molecule has 6 heteroatoms. The molecule has 0 spiro atoms.